The molecule has 6 nitrogen and oxygen atoms in total. The van der Waals surface area contributed by atoms with Crippen molar-refractivity contribution in [1.29, 1.82) is 0 Å². The zero-order chi connectivity index (χ0) is 25.8. The first-order valence-electron chi connectivity index (χ1n) is 12.2. The first-order chi connectivity index (χ1) is 16.9. The Labute approximate surface area is 217 Å². The lowest BCUT2D eigenvalue weighted by molar-refractivity contribution is 0.190. The summed E-state index contributed by atoms with van der Waals surface area (Å²) in [5, 5.41) is 0. The Morgan fingerprint density at radius 3 is 1.26 bits per heavy atom. The van der Waals surface area contributed by atoms with Crippen LogP contribution < -0.4 is 9.80 Å². The molecule has 2 aromatic carbocycles. The lowest BCUT2D eigenvalue weighted by Crippen LogP contribution is -2.31. The van der Waals surface area contributed by atoms with Gasteiger partial charge < -0.3 is 28.7 Å². The number of aryl methyl sites for hydroxylation is 3. The standard InChI is InChI=1S/C28H44N2O4S/c1-21-16-24(29(8-12-31-4)9-13-32-5)17-22(2)26(21)20-27-23(3)18-25(19-28(27)35)30(10-14-33-6)11-15-34-7/h16-19,35H,8-15,20H2,1-7H3. The Balaban J connectivity index is 2.31. The van der Waals surface area contributed by atoms with E-state index in [4.69, 9.17) is 31.6 Å². The fourth-order valence-corrected chi connectivity index (χ4v) is 4.73. The molecule has 0 unspecified atom stereocenters. The molecule has 0 saturated heterocycles. The molecule has 35 heavy (non-hydrogen) atoms. The van der Waals surface area contributed by atoms with E-state index >= 15 is 0 Å². The number of nitrogens with zero attached hydrogens (tertiary/aromatic N) is 2. The monoisotopic (exact) mass is 504 g/mol. The molecule has 0 amide bonds. The Morgan fingerprint density at radius 2 is 0.914 bits per heavy atom. The Morgan fingerprint density at radius 1 is 0.571 bits per heavy atom. The zero-order valence-corrected chi connectivity index (χ0v) is 23.5. The van der Waals surface area contributed by atoms with Crippen LogP contribution in [0.2, 0.25) is 0 Å². The molecule has 0 aliphatic rings. The summed E-state index contributed by atoms with van der Waals surface area (Å²) in [4.78, 5) is 5.64. The van der Waals surface area contributed by atoms with Crippen LogP contribution in [0.5, 0.6) is 0 Å². The number of methoxy groups -OCH3 is 4. The topological polar surface area (TPSA) is 43.4 Å². The number of hydrogen-bond acceptors (Lipinski definition) is 7. The Kier molecular flexibility index (Phi) is 12.9. The van der Waals surface area contributed by atoms with Crippen molar-refractivity contribution in [2.24, 2.45) is 0 Å². The molecule has 0 bridgehead atoms. The van der Waals surface area contributed by atoms with Gasteiger partial charge in [-0.1, -0.05) is 0 Å². The fourth-order valence-electron chi connectivity index (χ4n) is 4.35. The third-order valence-electron chi connectivity index (χ3n) is 6.46. The van der Waals surface area contributed by atoms with E-state index in [1.165, 1.54) is 33.5 Å². The Hall–Kier alpha value is -1.77. The molecule has 0 saturated carbocycles. The molecule has 0 aliphatic carbocycles. The molecule has 0 heterocycles. The maximum absolute atomic E-state index is 5.32. The zero-order valence-electron chi connectivity index (χ0n) is 22.6. The summed E-state index contributed by atoms with van der Waals surface area (Å²) in [6.45, 7) is 12.6. The van der Waals surface area contributed by atoms with E-state index in [1.807, 2.05) is 0 Å². The van der Waals surface area contributed by atoms with Gasteiger partial charge >= 0.3 is 0 Å². The summed E-state index contributed by atoms with van der Waals surface area (Å²) < 4.78 is 21.3. The number of thiol groups is 1. The van der Waals surface area contributed by atoms with Crippen LogP contribution >= 0.6 is 12.6 Å². The molecule has 0 radical (unpaired) electrons. The van der Waals surface area contributed by atoms with E-state index < -0.39 is 0 Å². The second-order valence-corrected chi connectivity index (χ2v) is 9.42. The van der Waals surface area contributed by atoms with E-state index in [1.54, 1.807) is 28.4 Å². The molecule has 0 N–H and O–H groups in total. The summed E-state index contributed by atoms with van der Waals surface area (Å²) in [5.74, 6) is 0. The molecular weight excluding hydrogens is 460 g/mol. The third kappa shape index (κ3) is 8.69. The SMILES string of the molecule is COCCN(CCOC)c1cc(C)c(Cc2c(C)cc(N(CCOC)CCOC)cc2S)c(C)c1. The second kappa shape index (κ2) is 15.4. The third-order valence-corrected chi connectivity index (χ3v) is 6.86. The van der Waals surface area contributed by atoms with Gasteiger partial charge in [-0.15, -0.1) is 12.6 Å². The molecule has 0 aromatic heterocycles. The summed E-state index contributed by atoms with van der Waals surface area (Å²) in [6.07, 6.45) is 0.856. The van der Waals surface area contributed by atoms with Crippen molar-refractivity contribution >= 4 is 24.0 Å². The Bertz CT molecular complexity index is 786. The van der Waals surface area contributed by atoms with Crippen molar-refractivity contribution in [1.82, 2.24) is 0 Å². The normalized spacial score (nSPS) is 11.2. The van der Waals surface area contributed by atoms with Crippen LogP contribution in [0.15, 0.2) is 29.2 Å². The fraction of sp³-hybridized carbons (Fsp3) is 0.571. The average molecular weight is 505 g/mol. The lowest BCUT2D eigenvalue weighted by atomic mass is 9.92. The van der Waals surface area contributed by atoms with Crippen molar-refractivity contribution in [2.75, 3.05) is 90.8 Å². The summed E-state index contributed by atoms with van der Waals surface area (Å²) in [5.41, 5.74) is 8.82. The van der Waals surface area contributed by atoms with Gasteiger partial charge in [-0.3, -0.25) is 0 Å². The van der Waals surface area contributed by atoms with Crippen LogP contribution in [0, 0.1) is 20.8 Å². The van der Waals surface area contributed by atoms with Crippen molar-refractivity contribution in [3.05, 3.63) is 52.1 Å². The molecule has 7 heteroatoms. The number of anilines is 2. The quantitative estimate of drug-likeness (QED) is 0.335. The van der Waals surface area contributed by atoms with Crippen LogP contribution in [0.3, 0.4) is 0 Å². The van der Waals surface area contributed by atoms with Crippen LogP contribution in [-0.4, -0.2) is 81.0 Å². The highest BCUT2D eigenvalue weighted by atomic mass is 32.1. The van der Waals surface area contributed by atoms with Gasteiger partial charge in [0.1, 0.15) is 0 Å². The van der Waals surface area contributed by atoms with Gasteiger partial charge in [0.25, 0.3) is 0 Å². The molecule has 0 aliphatic heterocycles. The van der Waals surface area contributed by atoms with Crippen molar-refractivity contribution in [3.8, 4) is 0 Å². The van der Waals surface area contributed by atoms with Crippen LogP contribution in [-0.2, 0) is 25.4 Å². The number of ether oxygens (including phenoxy) is 4. The largest absolute Gasteiger partial charge is 0.383 e. The van der Waals surface area contributed by atoms with Crippen molar-refractivity contribution in [3.63, 3.8) is 0 Å². The van der Waals surface area contributed by atoms with Gasteiger partial charge in [-0.05, 0) is 79.3 Å². The highest BCUT2D eigenvalue weighted by molar-refractivity contribution is 7.80. The predicted molar refractivity (Wildman–Crippen MR) is 149 cm³/mol. The minimum absolute atomic E-state index is 0.670. The van der Waals surface area contributed by atoms with Gasteiger partial charge in [-0.2, -0.15) is 0 Å². The highest BCUT2D eigenvalue weighted by Gasteiger charge is 2.16. The van der Waals surface area contributed by atoms with Gasteiger partial charge in [0.05, 0.1) is 26.4 Å². The summed E-state index contributed by atoms with van der Waals surface area (Å²) in [6, 6.07) is 9.00. The van der Waals surface area contributed by atoms with Gasteiger partial charge in [0.15, 0.2) is 0 Å². The minimum atomic E-state index is 0.670. The van der Waals surface area contributed by atoms with E-state index in [0.717, 1.165) is 43.2 Å². The minimum Gasteiger partial charge on any atom is -0.383 e. The van der Waals surface area contributed by atoms with Gasteiger partial charge in [-0.25, -0.2) is 0 Å². The van der Waals surface area contributed by atoms with Crippen molar-refractivity contribution in [2.45, 2.75) is 32.1 Å². The first-order valence-corrected chi connectivity index (χ1v) is 12.7. The summed E-state index contributed by atoms with van der Waals surface area (Å²) in [7, 11) is 6.95. The predicted octanol–water partition coefficient (Wildman–Crippen LogP) is 4.69. The second-order valence-electron chi connectivity index (χ2n) is 8.94. The highest BCUT2D eigenvalue weighted by Crippen LogP contribution is 2.31. The van der Waals surface area contributed by atoms with E-state index in [9.17, 15) is 0 Å². The van der Waals surface area contributed by atoms with Gasteiger partial charge in [0, 0.05) is 70.9 Å². The molecule has 2 rings (SSSR count). The van der Waals surface area contributed by atoms with Crippen LogP contribution in [0.1, 0.15) is 27.8 Å². The van der Waals surface area contributed by atoms with Crippen LogP contribution in [0.25, 0.3) is 0 Å². The van der Waals surface area contributed by atoms with Crippen molar-refractivity contribution < 1.29 is 18.9 Å². The number of benzene rings is 2. The van der Waals surface area contributed by atoms with Crippen LogP contribution in [0.4, 0.5) is 11.4 Å². The summed E-state index contributed by atoms with van der Waals surface area (Å²) >= 11 is 4.92. The molecule has 0 fully saturated rings. The average Bonchev–Trinajstić information content (AvgIpc) is 2.82. The maximum atomic E-state index is 5.32. The number of hydrogen-bond donors (Lipinski definition) is 1. The smallest absolute Gasteiger partial charge is 0.0637 e. The molecule has 0 spiro atoms. The number of rotatable bonds is 16. The molecular formula is C28H44N2O4S. The molecule has 0 atom stereocenters. The van der Waals surface area contributed by atoms with E-state index in [-0.39, 0.29) is 0 Å². The van der Waals surface area contributed by atoms with Gasteiger partial charge in [0.2, 0.25) is 0 Å². The maximum Gasteiger partial charge on any atom is 0.0637 e. The lowest BCUT2D eigenvalue weighted by Gasteiger charge is -2.27. The first kappa shape index (κ1) is 29.5. The van der Waals surface area contributed by atoms with E-state index in [0.29, 0.717) is 26.4 Å². The molecule has 196 valence electrons. The van der Waals surface area contributed by atoms with E-state index in [2.05, 4.69) is 54.8 Å². The molecule has 2 aromatic rings.